The van der Waals surface area contributed by atoms with Gasteiger partial charge in [0.05, 0.1) is 25.0 Å². The molecule has 1 saturated heterocycles. The lowest BCUT2D eigenvalue weighted by atomic mass is 10.2. The highest BCUT2D eigenvalue weighted by Crippen LogP contribution is 2.30. The molecule has 0 unspecified atom stereocenters. The third kappa shape index (κ3) is 4.51. The van der Waals surface area contributed by atoms with E-state index in [1.807, 2.05) is 13.8 Å². The molecule has 1 aliphatic rings. The molecule has 3 rings (SSSR count). The molecule has 0 saturated carbocycles. The Morgan fingerprint density at radius 3 is 2.79 bits per heavy atom. The van der Waals surface area contributed by atoms with Crippen LogP contribution in [0.25, 0.3) is 6.08 Å². The molecule has 2 aromatic rings. The van der Waals surface area contributed by atoms with Crippen molar-refractivity contribution < 1.29 is 33.1 Å². The summed E-state index contributed by atoms with van der Waals surface area (Å²) in [4.78, 5) is 23.2. The summed E-state index contributed by atoms with van der Waals surface area (Å²) in [7, 11) is 1.53. The van der Waals surface area contributed by atoms with Gasteiger partial charge in [-0.25, -0.2) is 9.59 Å². The number of aryl methyl sites for hydroxylation is 2. The molecule has 2 heterocycles. The first-order chi connectivity index (χ1) is 13.5. The second kappa shape index (κ2) is 8.60. The molecular formula is C20H21NO7. The second-order valence-corrected chi connectivity index (χ2v) is 6.22. The van der Waals surface area contributed by atoms with Crippen LogP contribution in [0.5, 0.6) is 11.5 Å². The number of carbonyl (C=O) groups excluding carboxylic acids is 2. The van der Waals surface area contributed by atoms with Crippen molar-refractivity contribution in [1.29, 1.82) is 0 Å². The molecule has 8 heteroatoms. The van der Waals surface area contributed by atoms with Crippen LogP contribution >= 0.6 is 0 Å². The summed E-state index contributed by atoms with van der Waals surface area (Å²) in [5.41, 5.74) is 2.38. The van der Waals surface area contributed by atoms with Gasteiger partial charge in [-0.05, 0) is 37.6 Å². The van der Waals surface area contributed by atoms with Crippen molar-refractivity contribution in [2.24, 2.45) is 0 Å². The van der Waals surface area contributed by atoms with Crippen molar-refractivity contribution in [3.63, 3.8) is 0 Å². The van der Waals surface area contributed by atoms with E-state index in [0.29, 0.717) is 35.9 Å². The van der Waals surface area contributed by atoms with E-state index in [1.165, 1.54) is 13.2 Å². The van der Waals surface area contributed by atoms with Gasteiger partial charge in [0.15, 0.2) is 11.5 Å². The normalized spacial score (nSPS) is 16.2. The van der Waals surface area contributed by atoms with E-state index in [9.17, 15) is 9.59 Å². The number of methoxy groups -OCH3 is 1. The molecule has 0 radical (unpaired) electrons. The topological polar surface area (TPSA) is 97.1 Å². The van der Waals surface area contributed by atoms with Crippen molar-refractivity contribution in [3.05, 3.63) is 46.9 Å². The van der Waals surface area contributed by atoms with Gasteiger partial charge in [0, 0.05) is 12.5 Å². The molecule has 1 atom stereocenters. The number of hydrogen-bond donors (Lipinski definition) is 0. The average Bonchev–Trinajstić information content (AvgIpc) is 3.23. The van der Waals surface area contributed by atoms with Crippen molar-refractivity contribution >= 4 is 18.0 Å². The number of rotatable bonds is 7. The molecule has 0 N–H and O–H groups in total. The largest absolute Gasteiger partial charge is 0.493 e. The highest BCUT2D eigenvalue weighted by Gasteiger charge is 2.29. The van der Waals surface area contributed by atoms with Crippen LogP contribution in [0.4, 0.5) is 0 Å². The molecule has 0 spiro atoms. The third-order valence-corrected chi connectivity index (χ3v) is 4.30. The maximum Gasteiger partial charge on any atom is 0.347 e. The lowest BCUT2D eigenvalue weighted by Gasteiger charge is -2.11. The van der Waals surface area contributed by atoms with Gasteiger partial charge in [-0.3, -0.25) is 0 Å². The smallest absolute Gasteiger partial charge is 0.347 e. The number of aromatic nitrogens is 1. The van der Waals surface area contributed by atoms with E-state index in [0.717, 1.165) is 11.3 Å². The maximum atomic E-state index is 11.8. The minimum Gasteiger partial charge on any atom is -0.493 e. The van der Waals surface area contributed by atoms with E-state index in [2.05, 4.69) is 5.16 Å². The number of ether oxygens (including phenoxy) is 4. The van der Waals surface area contributed by atoms with Gasteiger partial charge < -0.3 is 23.5 Å². The first-order valence-corrected chi connectivity index (χ1v) is 8.76. The van der Waals surface area contributed by atoms with Crippen LogP contribution in [-0.4, -0.2) is 36.9 Å². The third-order valence-electron chi connectivity index (χ3n) is 4.30. The summed E-state index contributed by atoms with van der Waals surface area (Å²) >= 11 is 0. The zero-order chi connectivity index (χ0) is 20.1. The van der Waals surface area contributed by atoms with Crippen LogP contribution in [0.1, 0.15) is 29.0 Å². The Labute approximate surface area is 162 Å². The first-order valence-electron chi connectivity index (χ1n) is 8.76. The Morgan fingerprint density at radius 2 is 2.14 bits per heavy atom. The summed E-state index contributed by atoms with van der Waals surface area (Å²) < 4.78 is 26.1. The van der Waals surface area contributed by atoms with Crippen LogP contribution in [0, 0.1) is 13.8 Å². The number of esters is 2. The summed E-state index contributed by atoms with van der Waals surface area (Å²) in [6, 6.07) is 5.26. The Kier molecular flexibility index (Phi) is 5.98. The molecule has 1 aliphatic heterocycles. The van der Waals surface area contributed by atoms with Crippen molar-refractivity contribution in [2.75, 3.05) is 13.7 Å². The minimum absolute atomic E-state index is 0.271. The fraction of sp³-hybridized carbons (Fsp3) is 0.350. The Balaban J connectivity index is 1.63. The molecule has 0 aliphatic carbocycles. The summed E-state index contributed by atoms with van der Waals surface area (Å²) in [6.45, 7) is 4.25. The van der Waals surface area contributed by atoms with Crippen molar-refractivity contribution in [3.8, 4) is 11.5 Å². The lowest BCUT2D eigenvalue weighted by molar-refractivity contribution is -0.156. The molecule has 0 bridgehead atoms. The number of hydrogen-bond acceptors (Lipinski definition) is 8. The molecular weight excluding hydrogens is 366 g/mol. The van der Waals surface area contributed by atoms with Crippen molar-refractivity contribution in [1.82, 2.24) is 5.16 Å². The van der Waals surface area contributed by atoms with Gasteiger partial charge in [-0.1, -0.05) is 11.2 Å². The van der Waals surface area contributed by atoms with Gasteiger partial charge in [0.2, 0.25) is 6.10 Å². The van der Waals surface area contributed by atoms with Crippen LogP contribution in [0.2, 0.25) is 0 Å². The van der Waals surface area contributed by atoms with Gasteiger partial charge >= 0.3 is 11.9 Å². The van der Waals surface area contributed by atoms with Crippen LogP contribution in [0.15, 0.2) is 28.8 Å². The van der Waals surface area contributed by atoms with Gasteiger partial charge in [0.25, 0.3) is 0 Å². The summed E-state index contributed by atoms with van der Waals surface area (Å²) in [6.07, 6.45) is 2.38. The fourth-order valence-electron chi connectivity index (χ4n) is 2.69. The fourth-order valence-corrected chi connectivity index (χ4v) is 2.69. The summed E-state index contributed by atoms with van der Waals surface area (Å²) in [5.74, 6) is 0.656. The zero-order valence-electron chi connectivity index (χ0n) is 15.9. The average molecular weight is 387 g/mol. The predicted molar refractivity (Wildman–Crippen MR) is 97.8 cm³/mol. The van der Waals surface area contributed by atoms with Gasteiger partial charge in [0.1, 0.15) is 12.4 Å². The molecule has 8 nitrogen and oxygen atoms in total. The number of carbonyl (C=O) groups is 2. The molecule has 1 aromatic carbocycles. The first kappa shape index (κ1) is 19.5. The highest BCUT2D eigenvalue weighted by molar-refractivity contribution is 5.89. The van der Waals surface area contributed by atoms with Gasteiger partial charge in [-0.2, -0.15) is 0 Å². The Bertz CT molecular complexity index is 880. The Morgan fingerprint density at radius 1 is 1.32 bits per heavy atom. The van der Waals surface area contributed by atoms with E-state index < -0.39 is 18.0 Å². The monoisotopic (exact) mass is 387 g/mol. The number of cyclic esters (lactones) is 1. The molecule has 28 heavy (non-hydrogen) atoms. The van der Waals surface area contributed by atoms with E-state index in [1.54, 1.807) is 24.3 Å². The molecule has 1 fully saturated rings. The van der Waals surface area contributed by atoms with Crippen LogP contribution in [0.3, 0.4) is 0 Å². The maximum absolute atomic E-state index is 11.8. The summed E-state index contributed by atoms with van der Waals surface area (Å²) in [5, 5.41) is 3.90. The van der Waals surface area contributed by atoms with Crippen LogP contribution < -0.4 is 9.47 Å². The molecule has 148 valence electrons. The minimum atomic E-state index is -0.827. The standard InChI is InChI=1S/C20H21NO7/c1-12-15(13(2)28-21-12)11-26-16-6-4-14(10-18(16)24-3)5-7-19(22)27-17-8-9-25-20(17)23/h4-7,10,17H,8-9,11H2,1-3H3/b7-5+/t17-/m1/s1. The molecule has 1 aromatic heterocycles. The Hall–Kier alpha value is -3.29. The number of nitrogens with zero attached hydrogens (tertiary/aromatic N) is 1. The van der Waals surface area contributed by atoms with E-state index in [4.69, 9.17) is 23.5 Å². The SMILES string of the molecule is COc1cc(/C=C/C(=O)O[C@@H]2CCOC2=O)ccc1OCc1c(C)noc1C. The quantitative estimate of drug-likeness (QED) is 0.528. The highest BCUT2D eigenvalue weighted by atomic mass is 16.6. The second-order valence-electron chi connectivity index (χ2n) is 6.22. The van der Waals surface area contributed by atoms with Gasteiger partial charge in [-0.15, -0.1) is 0 Å². The molecule has 0 amide bonds. The number of benzene rings is 1. The van der Waals surface area contributed by atoms with E-state index in [-0.39, 0.29) is 6.61 Å². The lowest BCUT2D eigenvalue weighted by Crippen LogP contribution is -2.21. The van der Waals surface area contributed by atoms with Crippen molar-refractivity contribution in [2.45, 2.75) is 33.0 Å². The van der Waals surface area contributed by atoms with Crippen LogP contribution in [-0.2, 0) is 25.7 Å². The zero-order valence-corrected chi connectivity index (χ0v) is 15.9. The predicted octanol–water partition coefficient (Wildman–Crippen LogP) is 2.75. The van der Waals surface area contributed by atoms with E-state index >= 15 is 0 Å².